The summed E-state index contributed by atoms with van der Waals surface area (Å²) in [5.41, 5.74) is 0. The van der Waals surface area contributed by atoms with Crippen molar-refractivity contribution in [1.82, 2.24) is 5.32 Å². The summed E-state index contributed by atoms with van der Waals surface area (Å²) in [6, 6.07) is -1.44. The number of carbonyl (C=O) groups excluding carboxylic acids is 1. The van der Waals surface area contributed by atoms with Gasteiger partial charge in [0.05, 0.1) is 25.4 Å². The Morgan fingerprint density at radius 2 is 1.78 bits per heavy atom. The third-order valence-electron chi connectivity index (χ3n) is 5.36. The molecule has 32 heavy (non-hydrogen) atoms. The Hall–Kier alpha value is -1.50. The van der Waals surface area contributed by atoms with Crippen molar-refractivity contribution < 1.29 is 69.8 Å². The van der Waals surface area contributed by atoms with Gasteiger partial charge in [-0.25, -0.2) is 4.79 Å². The van der Waals surface area contributed by atoms with Crippen molar-refractivity contribution in [2.24, 2.45) is 0 Å². The minimum absolute atomic E-state index is 0.693. The molecule has 0 aromatic heterocycles. The van der Waals surface area contributed by atoms with Crippen LogP contribution in [0.5, 0.6) is 0 Å². The number of aliphatic carboxylic acids is 1. The number of carbonyl (C=O) groups is 2. The highest BCUT2D eigenvalue weighted by Crippen LogP contribution is 2.36. The van der Waals surface area contributed by atoms with E-state index in [1.165, 1.54) is 0 Å². The smallest absolute Gasteiger partial charge is 0.364 e. The normalized spacial score (nSPS) is 42.2. The average Bonchev–Trinajstić information content (AvgIpc) is 2.73. The number of hydrogen-bond acceptors (Lipinski definition) is 13. The van der Waals surface area contributed by atoms with Gasteiger partial charge in [0.25, 0.3) is 5.79 Å². The minimum atomic E-state index is -2.86. The lowest BCUT2D eigenvalue weighted by atomic mass is 9.88. The Morgan fingerprint density at radius 3 is 2.28 bits per heavy atom. The summed E-state index contributed by atoms with van der Waals surface area (Å²) >= 11 is 0. The molecule has 2 heterocycles. The fourth-order valence-electron chi connectivity index (χ4n) is 3.67. The Balaban J connectivity index is 2.39. The fraction of sp³-hybridized carbons (Fsp3) is 0.882. The molecule has 0 saturated carbocycles. The van der Waals surface area contributed by atoms with Gasteiger partial charge >= 0.3 is 5.97 Å². The van der Waals surface area contributed by atoms with Crippen LogP contribution >= 0.6 is 0 Å². The van der Waals surface area contributed by atoms with Gasteiger partial charge in [-0.15, -0.1) is 0 Å². The molecule has 15 heteroatoms. The number of aliphatic hydroxyl groups excluding tert-OH is 8. The highest BCUT2D eigenvalue weighted by Gasteiger charge is 2.59. The molecule has 2 rings (SSSR count). The second-order valence-electron chi connectivity index (χ2n) is 7.69. The van der Waals surface area contributed by atoms with Crippen molar-refractivity contribution >= 4 is 11.9 Å². The zero-order valence-corrected chi connectivity index (χ0v) is 17.0. The van der Waals surface area contributed by atoms with Crippen LogP contribution < -0.4 is 5.32 Å². The number of carboxylic acids is 1. The van der Waals surface area contributed by atoms with E-state index in [1.54, 1.807) is 0 Å². The van der Waals surface area contributed by atoms with E-state index < -0.39 is 98.5 Å². The van der Waals surface area contributed by atoms with Crippen LogP contribution in [-0.2, 0) is 23.8 Å². The largest absolute Gasteiger partial charge is 0.477 e. The van der Waals surface area contributed by atoms with E-state index in [1.807, 2.05) is 0 Å². The van der Waals surface area contributed by atoms with Crippen LogP contribution in [0.25, 0.3) is 0 Å². The molecular formula is C17H29NO14. The van der Waals surface area contributed by atoms with Gasteiger partial charge in [0.15, 0.2) is 6.29 Å². The molecule has 2 aliphatic heterocycles. The number of rotatable bonds is 8. The third kappa shape index (κ3) is 5.35. The highest BCUT2D eigenvalue weighted by molar-refractivity contribution is 5.76. The second kappa shape index (κ2) is 10.6. The summed E-state index contributed by atoms with van der Waals surface area (Å²) in [4.78, 5) is 23.6. The molecule has 186 valence electrons. The van der Waals surface area contributed by atoms with E-state index >= 15 is 0 Å². The molecule has 2 fully saturated rings. The number of carboxylic acid groups (broad SMARTS) is 1. The van der Waals surface area contributed by atoms with Gasteiger partial charge in [0.1, 0.15) is 42.7 Å². The van der Waals surface area contributed by atoms with Crippen LogP contribution in [0.15, 0.2) is 0 Å². The molecule has 10 N–H and O–H groups in total. The molecule has 15 nitrogen and oxygen atoms in total. The van der Waals surface area contributed by atoms with Crippen LogP contribution in [0.3, 0.4) is 0 Å². The Morgan fingerprint density at radius 1 is 1.16 bits per heavy atom. The maximum Gasteiger partial charge on any atom is 0.364 e. The molecule has 0 radical (unpaired) electrons. The average molecular weight is 471 g/mol. The van der Waals surface area contributed by atoms with Crippen molar-refractivity contribution in [3.8, 4) is 0 Å². The van der Waals surface area contributed by atoms with Gasteiger partial charge < -0.3 is 65.5 Å². The predicted octanol–water partition coefficient (Wildman–Crippen LogP) is -6.05. The second-order valence-corrected chi connectivity index (χ2v) is 7.69. The van der Waals surface area contributed by atoms with Gasteiger partial charge in [0, 0.05) is 13.3 Å². The lowest BCUT2D eigenvalue weighted by Gasteiger charge is -2.49. The highest BCUT2D eigenvalue weighted by atomic mass is 16.8. The van der Waals surface area contributed by atoms with Gasteiger partial charge in [0.2, 0.25) is 5.91 Å². The molecule has 11 atom stereocenters. The van der Waals surface area contributed by atoms with Crippen molar-refractivity contribution in [3.05, 3.63) is 0 Å². The van der Waals surface area contributed by atoms with Gasteiger partial charge in [-0.1, -0.05) is 0 Å². The van der Waals surface area contributed by atoms with E-state index in [0.717, 1.165) is 6.92 Å². The Kier molecular flexibility index (Phi) is 8.88. The van der Waals surface area contributed by atoms with E-state index in [0.29, 0.717) is 0 Å². The number of hydrogen-bond donors (Lipinski definition) is 10. The van der Waals surface area contributed by atoms with E-state index in [9.17, 15) is 45.3 Å². The first kappa shape index (κ1) is 26.7. The van der Waals surface area contributed by atoms with E-state index in [2.05, 4.69) is 5.32 Å². The van der Waals surface area contributed by atoms with Gasteiger partial charge in [-0.2, -0.15) is 0 Å². The molecule has 0 aliphatic carbocycles. The Labute approximate surface area is 181 Å². The van der Waals surface area contributed by atoms with Crippen LogP contribution in [0.4, 0.5) is 0 Å². The molecule has 0 unspecified atom stereocenters. The molecule has 2 aliphatic rings. The molecule has 1 amide bonds. The summed E-state index contributed by atoms with van der Waals surface area (Å²) in [5.74, 6) is -5.44. The van der Waals surface area contributed by atoms with Crippen molar-refractivity contribution in [1.29, 1.82) is 0 Å². The third-order valence-corrected chi connectivity index (χ3v) is 5.36. The molecule has 0 spiro atoms. The van der Waals surface area contributed by atoms with Crippen molar-refractivity contribution in [2.75, 3.05) is 13.2 Å². The summed E-state index contributed by atoms with van der Waals surface area (Å²) in [5, 5.41) is 91.4. The number of ether oxygens (including phenoxy) is 3. The SMILES string of the molecule is CC(=O)N[C@H]1[C@H]([C@H](O)[C@H](O)CO)O[C@@](O[C@@H]2[C@@H](O)[C@H](O)[C@@H](CO)O[C@H]2O)(C(=O)O)C[C@@H]1O. The fourth-order valence-corrected chi connectivity index (χ4v) is 3.67. The quantitative estimate of drug-likeness (QED) is 0.158. The lowest BCUT2D eigenvalue weighted by molar-refractivity contribution is -0.372. The van der Waals surface area contributed by atoms with E-state index in [4.69, 9.17) is 24.4 Å². The summed E-state index contributed by atoms with van der Waals surface area (Å²) in [7, 11) is 0. The zero-order chi connectivity index (χ0) is 24.4. The number of aliphatic hydroxyl groups is 8. The first-order valence-electron chi connectivity index (χ1n) is 9.70. The summed E-state index contributed by atoms with van der Waals surface area (Å²) in [6.07, 6.45) is -17.5. The first-order chi connectivity index (χ1) is 14.9. The number of amides is 1. The van der Waals surface area contributed by atoms with Crippen LogP contribution in [0, 0.1) is 0 Å². The standard InChI is InChI=1S/C17H29NO14/c1-5(21)18-9-6(22)2-17(16(28)29,31-13(9)10(24)7(23)3-19)32-14-12(26)11(25)8(4-20)30-15(14)27/h6-15,19-20,22-27H,2-4H2,1H3,(H,18,21)(H,28,29)/t6-,7+,8+,9+,10+,11+,12-,13+,14+,15+,17-/m0/s1. The molecule has 2 saturated heterocycles. The van der Waals surface area contributed by atoms with E-state index in [-0.39, 0.29) is 0 Å². The predicted molar refractivity (Wildman–Crippen MR) is 97.4 cm³/mol. The van der Waals surface area contributed by atoms with Gasteiger partial charge in [-0.05, 0) is 0 Å². The maximum atomic E-state index is 12.1. The van der Waals surface area contributed by atoms with Crippen LogP contribution in [-0.4, -0.2) is 138 Å². The van der Waals surface area contributed by atoms with Crippen molar-refractivity contribution in [3.63, 3.8) is 0 Å². The summed E-state index contributed by atoms with van der Waals surface area (Å²) < 4.78 is 15.5. The molecule has 0 bridgehead atoms. The minimum Gasteiger partial charge on any atom is -0.477 e. The Bertz CT molecular complexity index is 665. The lowest BCUT2D eigenvalue weighted by Crippen LogP contribution is -2.70. The molecule has 0 aromatic carbocycles. The van der Waals surface area contributed by atoms with Crippen LogP contribution in [0.2, 0.25) is 0 Å². The maximum absolute atomic E-state index is 12.1. The summed E-state index contributed by atoms with van der Waals surface area (Å²) in [6.45, 7) is -0.695. The first-order valence-corrected chi connectivity index (χ1v) is 9.70. The molecular weight excluding hydrogens is 442 g/mol. The number of nitrogens with one attached hydrogen (secondary N) is 1. The molecule has 0 aromatic rings. The van der Waals surface area contributed by atoms with Gasteiger partial charge in [-0.3, -0.25) is 4.79 Å². The van der Waals surface area contributed by atoms with Crippen molar-refractivity contribution in [2.45, 2.75) is 80.3 Å². The van der Waals surface area contributed by atoms with Crippen LogP contribution in [0.1, 0.15) is 13.3 Å². The topological polar surface area (TPSA) is 256 Å². The zero-order valence-electron chi connectivity index (χ0n) is 17.0. The monoisotopic (exact) mass is 471 g/mol.